The van der Waals surface area contributed by atoms with E-state index in [4.69, 9.17) is 9.47 Å². The van der Waals surface area contributed by atoms with Crippen molar-refractivity contribution < 1.29 is 14.3 Å². The first-order valence-electron chi connectivity index (χ1n) is 3.72. The van der Waals surface area contributed by atoms with Crippen molar-refractivity contribution in [1.82, 2.24) is 0 Å². The molecular formula is C9H11ClO3. The molecule has 0 radical (unpaired) electrons. The summed E-state index contributed by atoms with van der Waals surface area (Å²) in [5.74, 6) is -0.226. The van der Waals surface area contributed by atoms with Gasteiger partial charge in [0.05, 0.1) is 12.9 Å². The highest BCUT2D eigenvalue weighted by Gasteiger charge is 2.10. The lowest BCUT2D eigenvalue weighted by atomic mass is 10.4. The number of carbonyl (C=O) groups is 1. The molecule has 0 spiro atoms. The minimum atomic E-state index is -0.436. The Morgan fingerprint density at radius 1 is 1.46 bits per heavy atom. The van der Waals surface area contributed by atoms with Crippen molar-refractivity contribution in [2.75, 3.05) is 6.61 Å². The molecule has 0 aromatic rings. The van der Waals surface area contributed by atoms with Crippen LogP contribution in [-0.2, 0) is 14.3 Å². The van der Waals surface area contributed by atoms with Crippen LogP contribution in [0.2, 0.25) is 0 Å². The molecule has 0 unspecified atom stereocenters. The lowest BCUT2D eigenvalue weighted by Gasteiger charge is -2.03. The van der Waals surface area contributed by atoms with E-state index in [1.54, 1.807) is 31.2 Å². The molecule has 0 bridgehead atoms. The van der Waals surface area contributed by atoms with E-state index in [9.17, 15) is 4.79 Å². The Morgan fingerprint density at radius 3 is 2.92 bits per heavy atom. The van der Waals surface area contributed by atoms with E-state index < -0.39 is 5.97 Å². The molecule has 1 heterocycles. The van der Waals surface area contributed by atoms with Crippen LogP contribution in [-0.4, -0.2) is 12.6 Å². The summed E-state index contributed by atoms with van der Waals surface area (Å²) in [5.41, 5.74) is 0. The molecule has 4 heteroatoms. The maximum atomic E-state index is 11.1. The van der Waals surface area contributed by atoms with E-state index in [2.05, 4.69) is 0 Å². The van der Waals surface area contributed by atoms with Crippen LogP contribution in [0.25, 0.3) is 0 Å². The molecular weight excluding hydrogens is 192 g/mol. The Balaban J connectivity index is 0.00000144. The second-order valence-corrected chi connectivity index (χ2v) is 2.08. The topological polar surface area (TPSA) is 35.5 Å². The van der Waals surface area contributed by atoms with Gasteiger partial charge >= 0.3 is 5.97 Å². The van der Waals surface area contributed by atoms with Crippen molar-refractivity contribution >= 4 is 18.4 Å². The van der Waals surface area contributed by atoms with Gasteiger partial charge in [0.25, 0.3) is 0 Å². The van der Waals surface area contributed by atoms with Gasteiger partial charge in [0.2, 0.25) is 5.76 Å². The Kier molecular flexibility index (Phi) is 5.72. The number of rotatable bonds is 2. The largest absolute Gasteiger partial charge is 0.460 e. The van der Waals surface area contributed by atoms with E-state index in [1.165, 1.54) is 6.26 Å². The van der Waals surface area contributed by atoms with Crippen LogP contribution < -0.4 is 0 Å². The van der Waals surface area contributed by atoms with Gasteiger partial charge in [-0.15, -0.1) is 12.4 Å². The van der Waals surface area contributed by atoms with Gasteiger partial charge < -0.3 is 9.47 Å². The fourth-order valence-electron chi connectivity index (χ4n) is 0.723. The van der Waals surface area contributed by atoms with Crippen molar-refractivity contribution in [2.45, 2.75) is 6.92 Å². The molecule has 0 N–H and O–H groups in total. The Morgan fingerprint density at radius 2 is 2.23 bits per heavy atom. The SMILES string of the molecule is CCOC(=O)C1=CC=CC=CO1.Cl. The van der Waals surface area contributed by atoms with Gasteiger partial charge in [-0.3, -0.25) is 0 Å². The van der Waals surface area contributed by atoms with Crippen molar-refractivity contribution in [3.05, 3.63) is 36.3 Å². The predicted molar refractivity (Wildman–Crippen MR) is 51.3 cm³/mol. The lowest BCUT2D eigenvalue weighted by Crippen LogP contribution is -2.08. The van der Waals surface area contributed by atoms with Crippen LogP contribution in [0.15, 0.2) is 36.3 Å². The van der Waals surface area contributed by atoms with Gasteiger partial charge in [-0.1, -0.05) is 12.2 Å². The highest BCUT2D eigenvalue weighted by Crippen LogP contribution is 2.05. The van der Waals surface area contributed by atoms with E-state index in [0.29, 0.717) is 6.61 Å². The molecule has 1 aliphatic rings. The smallest absolute Gasteiger partial charge is 0.374 e. The first-order chi connectivity index (χ1) is 5.84. The summed E-state index contributed by atoms with van der Waals surface area (Å²) in [6.45, 7) is 2.10. The number of ether oxygens (including phenoxy) is 2. The molecule has 0 aromatic carbocycles. The van der Waals surface area contributed by atoms with E-state index in [0.717, 1.165) is 0 Å². The van der Waals surface area contributed by atoms with Crippen LogP contribution in [0.4, 0.5) is 0 Å². The van der Waals surface area contributed by atoms with Crippen molar-refractivity contribution in [3.63, 3.8) is 0 Å². The minimum Gasteiger partial charge on any atom is -0.460 e. The fourth-order valence-corrected chi connectivity index (χ4v) is 0.723. The number of esters is 1. The molecule has 0 aliphatic carbocycles. The van der Waals surface area contributed by atoms with Crippen LogP contribution in [0.1, 0.15) is 6.92 Å². The Hall–Kier alpha value is -1.22. The minimum absolute atomic E-state index is 0. The number of halogens is 1. The average Bonchev–Trinajstić information content (AvgIpc) is 2.32. The highest BCUT2D eigenvalue weighted by molar-refractivity contribution is 5.86. The molecule has 0 amide bonds. The van der Waals surface area contributed by atoms with Crippen LogP contribution >= 0.6 is 12.4 Å². The number of allylic oxidation sites excluding steroid dienone is 4. The molecule has 0 aromatic heterocycles. The summed E-state index contributed by atoms with van der Waals surface area (Å²) in [6, 6.07) is 0. The Labute approximate surface area is 83.1 Å². The van der Waals surface area contributed by atoms with Crippen LogP contribution in [0.3, 0.4) is 0 Å². The summed E-state index contributed by atoms with van der Waals surface area (Å²) in [7, 11) is 0. The number of hydrogen-bond acceptors (Lipinski definition) is 3. The third-order valence-corrected chi connectivity index (χ3v) is 1.22. The lowest BCUT2D eigenvalue weighted by molar-refractivity contribution is -0.141. The van der Waals surface area contributed by atoms with Gasteiger partial charge in [-0.2, -0.15) is 0 Å². The summed E-state index contributed by atoms with van der Waals surface area (Å²) < 4.78 is 9.70. The van der Waals surface area contributed by atoms with Crippen molar-refractivity contribution in [3.8, 4) is 0 Å². The third-order valence-electron chi connectivity index (χ3n) is 1.22. The molecule has 0 saturated heterocycles. The Bertz CT molecular complexity index is 254. The van der Waals surface area contributed by atoms with Gasteiger partial charge in [-0.05, 0) is 19.1 Å². The van der Waals surface area contributed by atoms with E-state index >= 15 is 0 Å². The van der Waals surface area contributed by atoms with E-state index in [1.807, 2.05) is 0 Å². The zero-order valence-electron chi connectivity index (χ0n) is 7.23. The normalized spacial score (nSPS) is 13.5. The van der Waals surface area contributed by atoms with Gasteiger partial charge in [0.1, 0.15) is 0 Å². The monoisotopic (exact) mass is 202 g/mol. The molecule has 3 nitrogen and oxygen atoms in total. The predicted octanol–water partition coefficient (Wildman–Crippen LogP) is 1.96. The van der Waals surface area contributed by atoms with Gasteiger partial charge in [0.15, 0.2) is 0 Å². The number of hydrogen-bond donors (Lipinski definition) is 0. The van der Waals surface area contributed by atoms with Crippen molar-refractivity contribution in [1.29, 1.82) is 0 Å². The third kappa shape index (κ3) is 3.80. The van der Waals surface area contributed by atoms with E-state index in [-0.39, 0.29) is 18.2 Å². The molecule has 0 fully saturated rings. The first kappa shape index (κ1) is 11.8. The molecule has 0 atom stereocenters. The summed E-state index contributed by atoms with van der Waals surface area (Å²) in [6.07, 6.45) is 8.19. The van der Waals surface area contributed by atoms with Gasteiger partial charge in [0, 0.05) is 0 Å². The van der Waals surface area contributed by atoms with Gasteiger partial charge in [-0.25, -0.2) is 4.79 Å². The summed E-state index contributed by atoms with van der Waals surface area (Å²) >= 11 is 0. The maximum Gasteiger partial charge on any atom is 0.374 e. The second-order valence-electron chi connectivity index (χ2n) is 2.08. The highest BCUT2D eigenvalue weighted by atomic mass is 35.5. The quantitative estimate of drug-likeness (QED) is 0.643. The number of carbonyl (C=O) groups excluding carboxylic acids is 1. The second kappa shape index (κ2) is 6.31. The zero-order chi connectivity index (χ0) is 8.81. The molecule has 72 valence electrons. The fraction of sp³-hybridized carbons (Fsp3) is 0.222. The van der Waals surface area contributed by atoms with Crippen molar-refractivity contribution in [2.24, 2.45) is 0 Å². The summed E-state index contributed by atoms with van der Waals surface area (Å²) in [5, 5.41) is 0. The van der Waals surface area contributed by atoms with Crippen LogP contribution in [0, 0.1) is 0 Å². The van der Waals surface area contributed by atoms with Crippen LogP contribution in [0.5, 0.6) is 0 Å². The maximum absolute atomic E-state index is 11.1. The molecule has 1 rings (SSSR count). The molecule has 0 saturated carbocycles. The molecule has 1 aliphatic heterocycles. The standard InChI is InChI=1S/C9H10O3.ClH/c1-2-11-9(10)8-6-4-3-5-7-12-8;/h3-7H,2H2,1H3;1H. The zero-order valence-corrected chi connectivity index (χ0v) is 8.04. The first-order valence-corrected chi connectivity index (χ1v) is 3.72. The average molecular weight is 203 g/mol. The summed E-state index contributed by atoms with van der Waals surface area (Å²) in [4.78, 5) is 11.1. The molecule has 13 heavy (non-hydrogen) atoms.